The van der Waals surface area contributed by atoms with Crippen molar-refractivity contribution >= 4 is 11.9 Å². The normalized spacial score (nSPS) is 13.9. The van der Waals surface area contributed by atoms with Gasteiger partial charge in [-0.15, -0.1) is 0 Å². The van der Waals surface area contributed by atoms with Gasteiger partial charge in [-0.3, -0.25) is 9.59 Å². The monoisotopic (exact) mass is 878 g/mol. The van der Waals surface area contributed by atoms with Crippen LogP contribution in [-0.4, -0.2) is 46.9 Å². The third-order valence-corrected chi connectivity index (χ3v) is 11.6. The van der Waals surface area contributed by atoms with Crippen molar-refractivity contribution in [2.24, 2.45) is 0 Å². The second-order valence-electron chi connectivity index (χ2n) is 17.7. The summed E-state index contributed by atoms with van der Waals surface area (Å²) in [4.78, 5) is 26.1. The zero-order valence-electron chi connectivity index (χ0n) is 41.2. The maximum Gasteiger partial charge on any atom is 0.306 e. The van der Waals surface area contributed by atoms with Crippen LogP contribution in [0.1, 0.15) is 239 Å². The molecule has 0 rings (SSSR count). The fourth-order valence-electron chi connectivity index (χ4n) is 7.62. The summed E-state index contributed by atoms with van der Waals surface area (Å²) in [7, 11) is 0. The Morgan fingerprint density at radius 2 is 0.873 bits per heavy atom. The number of esters is 1. The van der Waals surface area contributed by atoms with Crippen LogP contribution in [0.2, 0.25) is 0 Å². The highest BCUT2D eigenvalue weighted by atomic mass is 16.5. The fourth-order valence-corrected chi connectivity index (χ4v) is 7.62. The Morgan fingerprint density at radius 3 is 1.38 bits per heavy atom. The van der Waals surface area contributed by atoms with Gasteiger partial charge in [0, 0.05) is 6.42 Å². The molecule has 3 N–H and O–H groups in total. The summed E-state index contributed by atoms with van der Waals surface area (Å²) >= 11 is 0. The molecule has 0 bridgehead atoms. The van der Waals surface area contributed by atoms with E-state index in [2.05, 4.69) is 62.5 Å². The molecule has 1 amide bonds. The first kappa shape index (κ1) is 60.0. The minimum absolute atomic E-state index is 0.0203. The first-order valence-corrected chi connectivity index (χ1v) is 26.4. The highest BCUT2D eigenvalue weighted by molar-refractivity contribution is 5.77. The number of unbranched alkanes of at least 4 members (excludes halogenated alkanes) is 25. The Hall–Kier alpha value is -2.96. The average molecular weight is 878 g/mol. The molecule has 6 nitrogen and oxygen atoms in total. The van der Waals surface area contributed by atoms with Crippen LogP contribution >= 0.6 is 0 Å². The number of allylic oxidation sites excluding steroid dienone is 14. The molecule has 6 heteroatoms. The minimum atomic E-state index is -0.813. The fraction of sp³-hybridized carbons (Fsp3) is 0.719. The van der Waals surface area contributed by atoms with Gasteiger partial charge in [0.05, 0.1) is 25.2 Å². The molecule has 0 aromatic rings. The second-order valence-corrected chi connectivity index (χ2v) is 17.7. The number of carbonyl (C=O) groups is 2. The zero-order valence-corrected chi connectivity index (χ0v) is 41.2. The molecular formula is C57H99NO5. The van der Waals surface area contributed by atoms with Gasteiger partial charge in [0.15, 0.2) is 0 Å². The third kappa shape index (κ3) is 45.4. The smallest absolute Gasteiger partial charge is 0.306 e. The molecule has 0 saturated heterocycles. The summed E-state index contributed by atoms with van der Waals surface area (Å²) in [5.74, 6) is -0.562. The minimum Gasteiger partial charge on any atom is -0.462 e. The first-order valence-electron chi connectivity index (χ1n) is 26.4. The van der Waals surface area contributed by atoms with Crippen molar-refractivity contribution < 1.29 is 24.5 Å². The molecule has 0 spiro atoms. The van der Waals surface area contributed by atoms with E-state index in [4.69, 9.17) is 4.74 Å². The van der Waals surface area contributed by atoms with Crippen molar-refractivity contribution in [2.45, 2.75) is 257 Å². The standard InChI is InChI=1S/C57H99NO5/c1-4-7-10-13-16-19-22-25-27-29-31-34-37-40-43-46-49-55(60)54(52-59)58-56(61)51-53(48-45-42-39-36-33-30-24-21-18-15-12-9-6-3)63-57(62)50-47-44-41-38-35-32-28-26-23-20-17-14-11-8-5-2/h9,12,15,17-18,20-21,23-24,26,30,33,36,39,53-55,59-60H,4-8,10-11,13-14,16,19,22,25,27-29,31-32,34-35,37-38,40-52H2,1-3H3,(H,58,61)/b12-9+,18-15+,20-17+,24-21-,26-23+,33-30-,39-36+. The zero-order chi connectivity index (χ0) is 45.9. The number of carbonyl (C=O) groups excluding carboxylic acids is 2. The lowest BCUT2D eigenvalue weighted by Gasteiger charge is -2.24. The van der Waals surface area contributed by atoms with Crippen molar-refractivity contribution in [3.05, 3.63) is 85.1 Å². The Balaban J connectivity index is 4.65. The van der Waals surface area contributed by atoms with Gasteiger partial charge < -0.3 is 20.3 Å². The quantitative estimate of drug-likeness (QED) is 0.0322. The van der Waals surface area contributed by atoms with E-state index in [1.807, 2.05) is 48.6 Å². The van der Waals surface area contributed by atoms with Crippen LogP contribution in [0.25, 0.3) is 0 Å². The van der Waals surface area contributed by atoms with E-state index >= 15 is 0 Å². The van der Waals surface area contributed by atoms with Crippen LogP contribution in [0.5, 0.6) is 0 Å². The van der Waals surface area contributed by atoms with Gasteiger partial charge in [0.25, 0.3) is 0 Å². The Morgan fingerprint density at radius 1 is 0.476 bits per heavy atom. The van der Waals surface area contributed by atoms with Crippen LogP contribution in [0, 0.1) is 0 Å². The van der Waals surface area contributed by atoms with Crippen LogP contribution < -0.4 is 5.32 Å². The van der Waals surface area contributed by atoms with Gasteiger partial charge in [-0.2, -0.15) is 0 Å². The van der Waals surface area contributed by atoms with E-state index in [-0.39, 0.29) is 24.9 Å². The number of nitrogens with one attached hydrogen (secondary N) is 1. The molecule has 362 valence electrons. The molecule has 3 atom stereocenters. The van der Waals surface area contributed by atoms with Gasteiger partial charge in [-0.05, 0) is 64.2 Å². The molecule has 0 aromatic carbocycles. The van der Waals surface area contributed by atoms with Gasteiger partial charge in [-0.25, -0.2) is 0 Å². The van der Waals surface area contributed by atoms with Crippen LogP contribution in [-0.2, 0) is 14.3 Å². The van der Waals surface area contributed by atoms with Crippen molar-refractivity contribution in [3.63, 3.8) is 0 Å². The van der Waals surface area contributed by atoms with E-state index in [0.29, 0.717) is 19.3 Å². The lowest BCUT2D eigenvalue weighted by molar-refractivity contribution is -0.151. The van der Waals surface area contributed by atoms with Crippen LogP contribution in [0.15, 0.2) is 85.1 Å². The highest BCUT2D eigenvalue weighted by Gasteiger charge is 2.24. The Kier molecular flexibility index (Phi) is 47.7. The summed E-state index contributed by atoms with van der Waals surface area (Å²) in [5, 5.41) is 23.8. The Labute approximate surface area is 389 Å². The molecule has 0 aliphatic rings. The average Bonchev–Trinajstić information content (AvgIpc) is 3.28. The number of rotatable bonds is 46. The van der Waals surface area contributed by atoms with Crippen LogP contribution in [0.3, 0.4) is 0 Å². The summed E-state index contributed by atoms with van der Waals surface area (Å²) in [5.41, 5.74) is 0. The van der Waals surface area contributed by atoms with E-state index in [1.165, 1.54) is 128 Å². The molecule has 0 fully saturated rings. The number of aliphatic hydroxyl groups excluding tert-OH is 2. The topological polar surface area (TPSA) is 95.9 Å². The second kappa shape index (κ2) is 50.0. The SMILES string of the molecule is CC/C=C/C=C/C=C\C=C/C=C/CCCC(CC(=O)NC(CO)C(O)CCCCCCCCCCCCCCCCCC)OC(=O)CCCCCCCC/C=C/C=C/CCCCC. The largest absolute Gasteiger partial charge is 0.462 e. The van der Waals surface area contributed by atoms with Gasteiger partial charge in [0.1, 0.15) is 6.10 Å². The molecule has 0 aliphatic carbocycles. The summed E-state index contributed by atoms with van der Waals surface area (Å²) in [6, 6.07) is -0.731. The number of hydrogen-bond acceptors (Lipinski definition) is 5. The van der Waals surface area contributed by atoms with Gasteiger partial charge >= 0.3 is 5.97 Å². The van der Waals surface area contributed by atoms with Gasteiger partial charge in [-0.1, -0.05) is 247 Å². The van der Waals surface area contributed by atoms with Crippen LogP contribution in [0.4, 0.5) is 0 Å². The van der Waals surface area contributed by atoms with E-state index in [1.54, 1.807) is 0 Å². The number of ether oxygens (including phenoxy) is 1. The van der Waals surface area contributed by atoms with E-state index in [9.17, 15) is 19.8 Å². The summed E-state index contributed by atoms with van der Waals surface area (Å²) in [6.07, 6.45) is 65.0. The predicted octanol–water partition coefficient (Wildman–Crippen LogP) is 16.0. The lowest BCUT2D eigenvalue weighted by atomic mass is 10.0. The summed E-state index contributed by atoms with van der Waals surface area (Å²) in [6.45, 7) is 6.29. The molecule has 0 radical (unpaired) electrons. The molecular weight excluding hydrogens is 779 g/mol. The third-order valence-electron chi connectivity index (χ3n) is 11.6. The number of amides is 1. The maximum atomic E-state index is 13.2. The van der Waals surface area contributed by atoms with Crippen molar-refractivity contribution in [2.75, 3.05) is 6.61 Å². The van der Waals surface area contributed by atoms with Gasteiger partial charge in [0.2, 0.25) is 5.91 Å². The van der Waals surface area contributed by atoms with Crippen molar-refractivity contribution in [1.82, 2.24) is 5.32 Å². The molecule has 0 aromatic heterocycles. The van der Waals surface area contributed by atoms with Crippen molar-refractivity contribution in [1.29, 1.82) is 0 Å². The number of hydrogen-bond donors (Lipinski definition) is 3. The molecule has 0 aliphatic heterocycles. The maximum absolute atomic E-state index is 13.2. The first-order chi connectivity index (χ1) is 31.0. The summed E-state index contributed by atoms with van der Waals surface area (Å²) < 4.78 is 5.89. The van der Waals surface area contributed by atoms with E-state index < -0.39 is 18.2 Å². The number of aliphatic hydroxyl groups is 2. The molecule has 0 heterocycles. The molecule has 0 saturated carbocycles. The predicted molar refractivity (Wildman–Crippen MR) is 273 cm³/mol. The van der Waals surface area contributed by atoms with E-state index in [0.717, 1.165) is 64.2 Å². The van der Waals surface area contributed by atoms with Crippen molar-refractivity contribution in [3.8, 4) is 0 Å². The lowest BCUT2D eigenvalue weighted by Crippen LogP contribution is -2.46. The molecule has 63 heavy (non-hydrogen) atoms. The molecule has 3 unspecified atom stereocenters. The Bertz CT molecular complexity index is 1210. The highest BCUT2D eigenvalue weighted by Crippen LogP contribution is 2.17.